The monoisotopic (exact) mass is 214 g/mol. The van der Waals surface area contributed by atoms with Crippen molar-refractivity contribution in [1.82, 2.24) is 0 Å². The molecule has 2 aliphatic rings. The number of rotatable bonds is 2. The van der Waals surface area contributed by atoms with Crippen LogP contribution >= 0.6 is 11.8 Å². The fraction of sp³-hybridized carbons (Fsp3) is 0.286. The molecular formula is C14H14S. The molecule has 0 nitrogen and oxygen atoms in total. The quantitative estimate of drug-likeness (QED) is 0.671. The van der Waals surface area contributed by atoms with Crippen LogP contribution in [0.15, 0.2) is 47.4 Å². The van der Waals surface area contributed by atoms with Crippen molar-refractivity contribution in [3.05, 3.63) is 48.1 Å². The van der Waals surface area contributed by atoms with E-state index < -0.39 is 0 Å². The van der Waals surface area contributed by atoms with Gasteiger partial charge in [-0.25, -0.2) is 0 Å². The van der Waals surface area contributed by atoms with Crippen LogP contribution in [0.5, 0.6) is 0 Å². The molecule has 0 spiro atoms. The van der Waals surface area contributed by atoms with Gasteiger partial charge in [-0.2, -0.15) is 0 Å². The highest BCUT2D eigenvalue weighted by atomic mass is 32.2. The summed E-state index contributed by atoms with van der Waals surface area (Å²) >= 11 is 1.83. The van der Waals surface area contributed by atoms with Crippen LogP contribution in [0.2, 0.25) is 0 Å². The Balaban J connectivity index is 2.01. The van der Waals surface area contributed by atoms with Crippen LogP contribution in [-0.4, -0.2) is 6.26 Å². The zero-order chi connectivity index (χ0) is 10.3. The molecular weight excluding hydrogens is 200 g/mol. The van der Waals surface area contributed by atoms with Crippen LogP contribution in [0.25, 0.3) is 5.57 Å². The first-order chi connectivity index (χ1) is 7.38. The summed E-state index contributed by atoms with van der Waals surface area (Å²) in [6, 6.07) is 8.67. The summed E-state index contributed by atoms with van der Waals surface area (Å²) in [7, 11) is 0. The van der Waals surface area contributed by atoms with Gasteiger partial charge in [0.1, 0.15) is 0 Å². The molecule has 15 heavy (non-hydrogen) atoms. The Hall–Kier alpha value is -0.950. The first-order valence-corrected chi connectivity index (χ1v) is 6.64. The molecule has 2 atom stereocenters. The number of fused-ring (bicyclic) bond motifs is 1. The molecule has 1 heteroatoms. The highest BCUT2D eigenvalue weighted by Gasteiger charge is 2.35. The molecule has 0 radical (unpaired) electrons. The second-order valence-electron chi connectivity index (χ2n) is 4.24. The van der Waals surface area contributed by atoms with E-state index in [1.165, 1.54) is 22.5 Å². The van der Waals surface area contributed by atoms with E-state index >= 15 is 0 Å². The molecule has 76 valence electrons. The highest BCUT2D eigenvalue weighted by molar-refractivity contribution is 7.98. The molecule has 0 amide bonds. The van der Waals surface area contributed by atoms with E-state index in [4.69, 9.17) is 0 Å². The Morgan fingerprint density at radius 1 is 1.20 bits per heavy atom. The maximum absolute atomic E-state index is 2.44. The molecule has 1 aromatic rings. The Morgan fingerprint density at radius 2 is 2.07 bits per heavy atom. The van der Waals surface area contributed by atoms with Gasteiger partial charge in [0.2, 0.25) is 0 Å². The zero-order valence-electron chi connectivity index (χ0n) is 8.81. The van der Waals surface area contributed by atoms with E-state index in [9.17, 15) is 0 Å². The van der Waals surface area contributed by atoms with Crippen molar-refractivity contribution in [2.75, 3.05) is 6.26 Å². The molecule has 0 aliphatic heterocycles. The van der Waals surface area contributed by atoms with E-state index in [2.05, 4.69) is 48.7 Å². The van der Waals surface area contributed by atoms with Crippen molar-refractivity contribution in [3.8, 4) is 0 Å². The Kier molecular flexibility index (Phi) is 2.21. The van der Waals surface area contributed by atoms with E-state index in [1.807, 2.05) is 11.8 Å². The fourth-order valence-electron chi connectivity index (χ4n) is 2.22. The average molecular weight is 214 g/mol. The van der Waals surface area contributed by atoms with Crippen molar-refractivity contribution in [3.63, 3.8) is 0 Å². The Labute approximate surface area is 95.1 Å². The molecule has 1 saturated carbocycles. The van der Waals surface area contributed by atoms with Crippen molar-refractivity contribution in [2.24, 2.45) is 11.8 Å². The van der Waals surface area contributed by atoms with Gasteiger partial charge < -0.3 is 0 Å². The molecule has 2 aliphatic carbocycles. The molecule has 3 rings (SSSR count). The van der Waals surface area contributed by atoms with Gasteiger partial charge >= 0.3 is 0 Å². The van der Waals surface area contributed by atoms with Crippen LogP contribution in [0.3, 0.4) is 0 Å². The maximum atomic E-state index is 2.44. The summed E-state index contributed by atoms with van der Waals surface area (Å²) in [5.41, 5.74) is 2.81. The van der Waals surface area contributed by atoms with Gasteiger partial charge in [0.15, 0.2) is 0 Å². The summed E-state index contributed by atoms with van der Waals surface area (Å²) in [4.78, 5) is 1.38. The first-order valence-electron chi connectivity index (χ1n) is 5.42. The molecule has 1 aromatic carbocycles. The summed E-state index contributed by atoms with van der Waals surface area (Å²) in [5.74, 6) is 1.69. The van der Waals surface area contributed by atoms with E-state index in [-0.39, 0.29) is 0 Å². The largest absolute Gasteiger partial charge is 0.129 e. The van der Waals surface area contributed by atoms with Gasteiger partial charge in [-0.15, -0.1) is 11.8 Å². The number of allylic oxidation sites excluding steroid dienone is 4. The third-order valence-corrected chi connectivity index (χ3v) is 4.02. The lowest BCUT2D eigenvalue weighted by atomic mass is 10.00. The lowest BCUT2D eigenvalue weighted by Crippen LogP contribution is -1.90. The fourth-order valence-corrected chi connectivity index (χ4v) is 2.85. The van der Waals surface area contributed by atoms with Crippen LogP contribution in [0, 0.1) is 11.8 Å². The molecule has 0 aromatic heterocycles. The maximum Gasteiger partial charge on any atom is 0.0147 e. The summed E-state index contributed by atoms with van der Waals surface area (Å²) < 4.78 is 0. The van der Waals surface area contributed by atoms with Gasteiger partial charge in [-0.1, -0.05) is 36.4 Å². The molecule has 0 heterocycles. The predicted molar refractivity (Wildman–Crippen MR) is 66.9 cm³/mol. The SMILES string of the molecule is CSc1ccccc1C1=CC2CC2C=C1. The number of hydrogen-bond acceptors (Lipinski definition) is 1. The lowest BCUT2D eigenvalue weighted by molar-refractivity contribution is 0.983. The van der Waals surface area contributed by atoms with E-state index in [1.54, 1.807) is 0 Å². The van der Waals surface area contributed by atoms with Crippen molar-refractivity contribution >= 4 is 17.3 Å². The van der Waals surface area contributed by atoms with Gasteiger partial charge in [-0.3, -0.25) is 0 Å². The lowest BCUT2D eigenvalue weighted by Gasteiger charge is -2.10. The Morgan fingerprint density at radius 3 is 2.87 bits per heavy atom. The number of hydrogen-bond donors (Lipinski definition) is 0. The van der Waals surface area contributed by atoms with Crippen molar-refractivity contribution in [2.45, 2.75) is 11.3 Å². The smallest absolute Gasteiger partial charge is 0.0147 e. The predicted octanol–water partition coefficient (Wildman–Crippen LogP) is 4.00. The van der Waals surface area contributed by atoms with Gasteiger partial charge in [0.25, 0.3) is 0 Å². The Bertz CT molecular complexity index is 442. The zero-order valence-corrected chi connectivity index (χ0v) is 9.63. The topological polar surface area (TPSA) is 0 Å². The third kappa shape index (κ3) is 1.65. The second-order valence-corrected chi connectivity index (χ2v) is 5.09. The minimum Gasteiger partial charge on any atom is -0.129 e. The van der Waals surface area contributed by atoms with E-state index in [0.29, 0.717) is 0 Å². The molecule has 0 saturated heterocycles. The van der Waals surface area contributed by atoms with Gasteiger partial charge in [0, 0.05) is 4.90 Å². The highest BCUT2D eigenvalue weighted by Crippen LogP contribution is 2.46. The standard InChI is InChI=1S/C14H14S/c1-15-14-5-3-2-4-13(14)11-7-6-10-8-12(10)9-11/h2-7,9-10,12H,8H2,1H3. The molecule has 2 unspecified atom stereocenters. The van der Waals surface area contributed by atoms with Crippen molar-refractivity contribution in [1.29, 1.82) is 0 Å². The van der Waals surface area contributed by atoms with Gasteiger partial charge in [-0.05, 0) is 41.7 Å². The minimum atomic E-state index is 0.833. The molecule has 0 bridgehead atoms. The van der Waals surface area contributed by atoms with Gasteiger partial charge in [0.05, 0.1) is 0 Å². The third-order valence-electron chi connectivity index (χ3n) is 3.23. The normalized spacial score (nSPS) is 27.1. The minimum absolute atomic E-state index is 0.833. The summed E-state index contributed by atoms with van der Waals surface area (Å²) in [6.07, 6.45) is 10.6. The van der Waals surface area contributed by atoms with Crippen LogP contribution < -0.4 is 0 Å². The average Bonchev–Trinajstić information content (AvgIpc) is 3.07. The number of benzene rings is 1. The molecule has 0 N–H and O–H groups in total. The van der Waals surface area contributed by atoms with E-state index in [0.717, 1.165) is 11.8 Å². The number of thioether (sulfide) groups is 1. The second kappa shape index (κ2) is 3.57. The van der Waals surface area contributed by atoms with Crippen LogP contribution in [0.1, 0.15) is 12.0 Å². The van der Waals surface area contributed by atoms with Crippen molar-refractivity contribution < 1.29 is 0 Å². The molecule has 1 fully saturated rings. The summed E-state index contributed by atoms with van der Waals surface area (Å²) in [5, 5.41) is 0. The van der Waals surface area contributed by atoms with Crippen LogP contribution in [0.4, 0.5) is 0 Å². The van der Waals surface area contributed by atoms with Crippen LogP contribution in [-0.2, 0) is 0 Å². The summed E-state index contributed by atoms with van der Waals surface area (Å²) in [6.45, 7) is 0. The first kappa shape index (κ1) is 9.29.